The topological polar surface area (TPSA) is 65.0 Å². The average Bonchev–Trinajstić information content (AvgIpc) is 2.05. The highest BCUT2D eigenvalue weighted by atomic mass is 16.7. The molecule has 0 aromatic heterocycles. The van der Waals surface area contributed by atoms with Crippen molar-refractivity contribution >= 4 is 5.97 Å². The normalized spacial score (nSPS) is 12.8. The van der Waals surface area contributed by atoms with Gasteiger partial charge in [0.15, 0.2) is 6.29 Å². The highest BCUT2D eigenvalue weighted by Gasteiger charge is 2.09. The second-order valence-electron chi connectivity index (χ2n) is 2.17. The van der Waals surface area contributed by atoms with Gasteiger partial charge in [0.05, 0.1) is 6.42 Å². The first-order valence-corrected chi connectivity index (χ1v) is 3.55. The van der Waals surface area contributed by atoms with Gasteiger partial charge >= 0.3 is 5.97 Å². The summed E-state index contributed by atoms with van der Waals surface area (Å²) in [5, 5.41) is 8.34. The van der Waals surface area contributed by atoms with Gasteiger partial charge in [-0.25, -0.2) is 0 Å². The first kappa shape index (κ1) is 11.4. The number of carboxylic acid groups (broad SMARTS) is 1. The van der Waals surface area contributed by atoms with E-state index in [1.165, 1.54) is 14.2 Å². The largest absolute Gasteiger partial charge is 0.481 e. The highest BCUT2D eigenvalue weighted by molar-refractivity contribution is 5.66. The van der Waals surface area contributed by atoms with E-state index in [9.17, 15) is 4.79 Å². The zero-order valence-electron chi connectivity index (χ0n) is 7.28. The van der Waals surface area contributed by atoms with Crippen LogP contribution in [0.5, 0.6) is 0 Å². The van der Waals surface area contributed by atoms with E-state index >= 15 is 0 Å². The Hall–Kier alpha value is -0.650. The molecule has 0 fully saturated rings. The van der Waals surface area contributed by atoms with Crippen LogP contribution in [0.25, 0.3) is 0 Å². The maximum absolute atomic E-state index is 10.2. The van der Waals surface area contributed by atoms with Gasteiger partial charge in [-0.1, -0.05) is 0 Å². The minimum Gasteiger partial charge on any atom is -0.481 e. The SMILES string of the molecule is COCOC(CCC(=O)O)OC. The molecule has 0 saturated carbocycles. The van der Waals surface area contributed by atoms with Crippen LogP contribution in [0.1, 0.15) is 12.8 Å². The third kappa shape index (κ3) is 6.09. The summed E-state index contributed by atoms with van der Waals surface area (Å²) in [6, 6.07) is 0. The van der Waals surface area contributed by atoms with Crippen LogP contribution in [0.2, 0.25) is 0 Å². The number of ether oxygens (including phenoxy) is 3. The van der Waals surface area contributed by atoms with Gasteiger partial charge in [-0.3, -0.25) is 4.79 Å². The lowest BCUT2D eigenvalue weighted by Gasteiger charge is -2.13. The van der Waals surface area contributed by atoms with Crippen molar-refractivity contribution in [1.82, 2.24) is 0 Å². The summed E-state index contributed by atoms with van der Waals surface area (Å²) in [5.41, 5.74) is 0. The van der Waals surface area contributed by atoms with Crippen LogP contribution in [0.3, 0.4) is 0 Å². The first-order chi connectivity index (χ1) is 5.70. The molecule has 1 unspecified atom stereocenters. The Kier molecular flexibility index (Phi) is 6.64. The van der Waals surface area contributed by atoms with Crippen LogP contribution >= 0.6 is 0 Å². The van der Waals surface area contributed by atoms with E-state index in [2.05, 4.69) is 4.74 Å². The van der Waals surface area contributed by atoms with Crippen molar-refractivity contribution in [3.63, 3.8) is 0 Å². The Bertz CT molecular complexity index is 125. The van der Waals surface area contributed by atoms with Gasteiger partial charge in [-0.05, 0) is 0 Å². The van der Waals surface area contributed by atoms with E-state index < -0.39 is 12.3 Å². The molecule has 0 rings (SSSR count). The van der Waals surface area contributed by atoms with Crippen LogP contribution in [0, 0.1) is 0 Å². The Morgan fingerprint density at radius 1 is 1.50 bits per heavy atom. The van der Waals surface area contributed by atoms with Crippen LogP contribution in [-0.2, 0) is 19.0 Å². The molecule has 0 aromatic rings. The number of aliphatic carboxylic acids is 1. The van der Waals surface area contributed by atoms with E-state index in [0.717, 1.165) is 0 Å². The second-order valence-corrected chi connectivity index (χ2v) is 2.17. The molecule has 12 heavy (non-hydrogen) atoms. The highest BCUT2D eigenvalue weighted by Crippen LogP contribution is 2.02. The summed E-state index contributed by atoms with van der Waals surface area (Å²) in [7, 11) is 2.95. The first-order valence-electron chi connectivity index (χ1n) is 3.55. The van der Waals surface area contributed by atoms with E-state index in [0.29, 0.717) is 6.42 Å². The van der Waals surface area contributed by atoms with Crippen LogP contribution in [-0.4, -0.2) is 38.4 Å². The van der Waals surface area contributed by atoms with Gasteiger partial charge in [0.2, 0.25) is 0 Å². The number of carboxylic acids is 1. The zero-order valence-corrected chi connectivity index (χ0v) is 7.28. The summed E-state index contributed by atoms with van der Waals surface area (Å²) in [5.74, 6) is -0.863. The zero-order chi connectivity index (χ0) is 9.40. The fourth-order valence-electron chi connectivity index (χ4n) is 0.654. The van der Waals surface area contributed by atoms with Gasteiger partial charge in [-0.15, -0.1) is 0 Å². The van der Waals surface area contributed by atoms with Gasteiger partial charge < -0.3 is 19.3 Å². The van der Waals surface area contributed by atoms with Crippen LogP contribution < -0.4 is 0 Å². The predicted octanol–water partition coefficient (Wildman–Crippen LogP) is 0.444. The van der Waals surface area contributed by atoms with E-state index in [1.807, 2.05) is 0 Å². The molecule has 1 N–H and O–H groups in total. The van der Waals surface area contributed by atoms with E-state index in [4.69, 9.17) is 14.6 Å². The Balaban J connectivity index is 3.45. The minimum atomic E-state index is -0.863. The molecule has 5 heteroatoms. The molecule has 0 heterocycles. The molecule has 0 radical (unpaired) electrons. The number of methoxy groups -OCH3 is 2. The molecular weight excluding hydrogens is 164 g/mol. The summed E-state index contributed by atoms with van der Waals surface area (Å²) < 4.78 is 14.5. The maximum atomic E-state index is 10.2. The van der Waals surface area contributed by atoms with Crippen molar-refractivity contribution in [2.24, 2.45) is 0 Å². The summed E-state index contributed by atoms with van der Waals surface area (Å²) >= 11 is 0. The Labute approximate surface area is 71.2 Å². The third-order valence-electron chi connectivity index (χ3n) is 1.23. The lowest BCUT2D eigenvalue weighted by Crippen LogP contribution is -2.18. The number of hydrogen-bond donors (Lipinski definition) is 1. The molecule has 0 amide bonds. The summed E-state index contributed by atoms with van der Waals surface area (Å²) in [4.78, 5) is 10.2. The average molecular weight is 178 g/mol. The number of carbonyl (C=O) groups is 1. The molecule has 72 valence electrons. The van der Waals surface area contributed by atoms with Gasteiger partial charge in [-0.2, -0.15) is 0 Å². The predicted molar refractivity (Wildman–Crippen MR) is 40.6 cm³/mol. The van der Waals surface area contributed by atoms with Gasteiger partial charge in [0, 0.05) is 20.6 Å². The van der Waals surface area contributed by atoms with Crippen molar-refractivity contribution in [2.75, 3.05) is 21.0 Å². The van der Waals surface area contributed by atoms with Crippen LogP contribution in [0.4, 0.5) is 0 Å². The molecule has 1 atom stereocenters. The maximum Gasteiger partial charge on any atom is 0.303 e. The molecule has 5 nitrogen and oxygen atoms in total. The van der Waals surface area contributed by atoms with Crippen molar-refractivity contribution in [3.8, 4) is 0 Å². The molecule has 0 aliphatic carbocycles. The van der Waals surface area contributed by atoms with E-state index in [-0.39, 0.29) is 13.2 Å². The monoisotopic (exact) mass is 178 g/mol. The minimum absolute atomic E-state index is 0.0300. The smallest absolute Gasteiger partial charge is 0.303 e. The number of rotatable bonds is 7. The number of hydrogen-bond acceptors (Lipinski definition) is 4. The van der Waals surface area contributed by atoms with Gasteiger partial charge in [0.1, 0.15) is 6.79 Å². The molecule has 0 aliphatic rings. The van der Waals surface area contributed by atoms with Crippen molar-refractivity contribution in [1.29, 1.82) is 0 Å². The van der Waals surface area contributed by atoms with Gasteiger partial charge in [0.25, 0.3) is 0 Å². The second kappa shape index (κ2) is 7.02. The van der Waals surface area contributed by atoms with Crippen molar-refractivity contribution in [3.05, 3.63) is 0 Å². The van der Waals surface area contributed by atoms with Crippen molar-refractivity contribution in [2.45, 2.75) is 19.1 Å². The standard InChI is InChI=1S/C7H14O5/c1-10-5-12-7(11-2)4-3-6(8)9/h7H,3-5H2,1-2H3,(H,8,9). The van der Waals surface area contributed by atoms with Crippen LogP contribution in [0.15, 0.2) is 0 Å². The summed E-state index contributed by atoms with van der Waals surface area (Å²) in [6.07, 6.45) is -0.140. The Morgan fingerprint density at radius 3 is 2.58 bits per heavy atom. The molecule has 0 bridgehead atoms. The van der Waals surface area contributed by atoms with E-state index in [1.54, 1.807) is 0 Å². The Morgan fingerprint density at radius 2 is 2.17 bits per heavy atom. The quantitative estimate of drug-likeness (QED) is 0.573. The lowest BCUT2D eigenvalue weighted by atomic mass is 10.3. The fourth-order valence-corrected chi connectivity index (χ4v) is 0.654. The molecule has 0 aromatic carbocycles. The third-order valence-corrected chi connectivity index (χ3v) is 1.23. The fraction of sp³-hybridized carbons (Fsp3) is 0.857. The molecule has 0 saturated heterocycles. The molecule has 0 spiro atoms. The van der Waals surface area contributed by atoms with Crippen molar-refractivity contribution < 1.29 is 24.1 Å². The summed E-state index contributed by atoms with van der Waals surface area (Å²) in [6.45, 7) is 0.109. The molecule has 0 aliphatic heterocycles. The molecular formula is C7H14O5. The lowest BCUT2D eigenvalue weighted by molar-refractivity contribution is -0.181.